The van der Waals surface area contributed by atoms with Crippen molar-refractivity contribution >= 4 is 12.6 Å². The first kappa shape index (κ1) is 15.3. The molecule has 2 rings (SSSR count). The van der Waals surface area contributed by atoms with Crippen LogP contribution < -0.4 is 14.9 Å². The summed E-state index contributed by atoms with van der Waals surface area (Å²) in [6.07, 6.45) is 0. The molecule has 0 heterocycles. The second-order valence-corrected chi connectivity index (χ2v) is 4.65. The molecule has 0 aliphatic carbocycles. The van der Waals surface area contributed by atoms with Crippen LogP contribution in [0.1, 0.15) is 11.1 Å². The van der Waals surface area contributed by atoms with Crippen LogP contribution in [0.15, 0.2) is 36.4 Å². The van der Waals surface area contributed by atoms with Crippen LogP contribution >= 0.6 is 0 Å². The van der Waals surface area contributed by atoms with Gasteiger partial charge >= 0.3 is 7.12 Å². The fraction of sp³-hybridized carbons (Fsp3) is 0.200. The van der Waals surface area contributed by atoms with Gasteiger partial charge in [-0.3, -0.25) is 0 Å². The molecule has 2 N–H and O–H groups in total. The minimum absolute atomic E-state index is 0.188. The lowest BCUT2D eigenvalue weighted by atomic mass is 9.79. The van der Waals surface area contributed by atoms with E-state index in [2.05, 4.69) is 0 Å². The Morgan fingerprint density at radius 2 is 1.86 bits per heavy atom. The third-order valence-electron chi connectivity index (χ3n) is 3.12. The van der Waals surface area contributed by atoms with Crippen molar-refractivity contribution in [2.75, 3.05) is 7.11 Å². The molecule has 2 aromatic carbocycles. The fourth-order valence-corrected chi connectivity index (χ4v) is 1.97. The number of benzene rings is 2. The summed E-state index contributed by atoms with van der Waals surface area (Å²) in [7, 11) is -0.177. The average Bonchev–Trinajstić information content (AvgIpc) is 2.47. The molecule has 0 amide bonds. The quantitative estimate of drug-likeness (QED) is 0.817. The largest absolute Gasteiger partial charge is 0.497 e. The summed E-state index contributed by atoms with van der Waals surface area (Å²) in [6, 6.07) is 9.29. The number of hydrogen-bond acceptors (Lipinski definition) is 4. The van der Waals surface area contributed by atoms with E-state index in [-0.39, 0.29) is 17.9 Å². The molecule has 110 valence electrons. The molecule has 21 heavy (non-hydrogen) atoms. The smallest absolute Gasteiger partial charge is 0.492 e. The number of aryl methyl sites for hydroxylation is 1. The van der Waals surface area contributed by atoms with Crippen molar-refractivity contribution in [3.05, 3.63) is 53.3 Å². The molecule has 0 atom stereocenters. The zero-order valence-electron chi connectivity index (χ0n) is 11.8. The monoisotopic (exact) mass is 290 g/mol. The number of methoxy groups -OCH3 is 1. The zero-order chi connectivity index (χ0) is 15.4. The molecule has 0 spiro atoms. The Bertz CT molecular complexity index is 631. The van der Waals surface area contributed by atoms with Crippen molar-refractivity contribution < 1.29 is 23.9 Å². The van der Waals surface area contributed by atoms with Crippen molar-refractivity contribution in [1.82, 2.24) is 0 Å². The molecule has 0 saturated carbocycles. The summed E-state index contributed by atoms with van der Waals surface area (Å²) >= 11 is 0. The molecule has 0 aliphatic heterocycles. The maximum absolute atomic E-state index is 13.2. The predicted molar refractivity (Wildman–Crippen MR) is 78.3 cm³/mol. The summed E-state index contributed by atoms with van der Waals surface area (Å²) in [5.41, 5.74) is 1.81. The van der Waals surface area contributed by atoms with Crippen LogP contribution in [0.5, 0.6) is 11.5 Å². The highest BCUT2D eigenvalue weighted by Gasteiger charge is 2.17. The molecule has 0 saturated heterocycles. The summed E-state index contributed by atoms with van der Waals surface area (Å²) in [5, 5.41) is 18.6. The third-order valence-corrected chi connectivity index (χ3v) is 3.12. The molecule has 6 heteroatoms. The molecule has 0 bridgehead atoms. The molecule has 0 unspecified atom stereocenters. The summed E-state index contributed by atoms with van der Waals surface area (Å²) in [5.74, 6) is 0.476. The highest BCUT2D eigenvalue weighted by molar-refractivity contribution is 6.59. The summed E-state index contributed by atoms with van der Waals surface area (Å²) in [6.45, 7) is 2.01. The molecule has 0 radical (unpaired) electrons. The highest BCUT2D eigenvalue weighted by Crippen LogP contribution is 2.20. The van der Waals surface area contributed by atoms with E-state index in [9.17, 15) is 14.4 Å². The zero-order valence-corrected chi connectivity index (χ0v) is 11.8. The SMILES string of the molecule is COc1ccc(COc2cc(F)ccc2C)cc1B(O)O. The molecule has 0 fully saturated rings. The van der Waals surface area contributed by atoms with Crippen molar-refractivity contribution in [1.29, 1.82) is 0 Å². The first-order valence-electron chi connectivity index (χ1n) is 6.43. The first-order chi connectivity index (χ1) is 10.0. The molecular formula is C15H16BFO4. The first-order valence-corrected chi connectivity index (χ1v) is 6.43. The van der Waals surface area contributed by atoms with Crippen LogP contribution in [0, 0.1) is 12.7 Å². The number of ether oxygens (including phenoxy) is 2. The molecule has 0 aliphatic rings. The van der Waals surface area contributed by atoms with Gasteiger partial charge in [0.15, 0.2) is 0 Å². The van der Waals surface area contributed by atoms with Crippen LogP contribution in [0.25, 0.3) is 0 Å². The van der Waals surface area contributed by atoms with E-state index in [1.807, 2.05) is 6.92 Å². The van der Waals surface area contributed by atoms with Crippen molar-refractivity contribution in [3.8, 4) is 11.5 Å². The molecule has 2 aromatic rings. The van der Waals surface area contributed by atoms with Gasteiger partial charge in [0.25, 0.3) is 0 Å². The Morgan fingerprint density at radius 1 is 1.10 bits per heavy atom. The van der Waals surface area contributed by atoms with Gasteiger partial charge < -0.3 is 19.5 Å². The van der Waals surface area contributed by atoms with Gasteiger partial charge in [-0.2, -0.15) is 0 Å². The van der Waals surface area contributed by atoms with E-state index in [1.54, 1.807) is 24.3 Å². The minimum Gasteiger partial charge on any atom is -0.497 e. The van der Waals surface area contributed by atoms with Gasteiger partial charge in [0.2, 0.25) is 0 Å². The molecule has 0 aromatic heterocycles. The Labute approximate surface area is 122 Å². The summed E-state index contributed by atoms with van der Waals surface area (Å²) < 4.78 is 23.8. The lowest BCUT2D eigenvalue weighted by Crippen LogP contribution is -2.31. The lowest BCUT2D eigenvalue weighted by molar-refractivity contribution is 0.302. The standard InChI is InChI=1S/C15H16BFO4/c1-10-3-5-12(17)8-15(10)21-9-11-4-6-14(20-2)13(7-11)16(18)19/h3-8,18-19H,9H2,1-2H3. The van der Waals surface area contributed by atoms with Crippen molar-refractivity contribution in [2.45, 2.75) is 13.5 Å². The number of rotatable bonds is 5. The minimum atomic E-state index is -1.63. The van der Waals surface area contributed by atoms with Gasteiger partial charge in [-0.1, -0.05) is 18.2 Å². The average molecular weight is 290 g/mol. The molecular weight excluding hydrogens is 274 g/mol. The Hall–Kier alpha value is -2.05. The van der Waals surface area contributed by atoms with E-state index >= 15 is 0 Å². The third kappa shape index (κ3) is 3.74. The molecule has 4 nitrogen and oxygen atoms in total. The van der Waals surface area contributed by atoms with Gasteiger partial charge in [-0.25, -0.2) is 4.39 Å². The van der Waals surface area contributed by atoms with Gasteiger partial charge in [0.05, 0.1) is 7.11 Å². The maximum atomic E-state index is 13.2. The van der Waals surface area contributed by atoms with Gasteiger partial charge in [-0.15, -0.1) is 0 Å². The van der Waals surface area contributed by atoms with Crippen LogP contribution in [0.3, 0.4) is 0 Å². The Balaban J connectivity index is 2.16. The van der Waals surface area contributed by atoms with E-state index in [0.717, 1.165) is 11.1 Å². The number of hydrogen-bond donors (Lipinski definition) is 2. The van der Waals surface area contributed by atoms with Crippen molar-refractivity contribution in [3.63, 3.8) is 0 Å². The number of halogens is 1. The van der Waals surface area contributed by atoms with Gasteiger partial charge in [0.1, 0.15) is 23.9 Å². The van der Waals surface area contributed by atoms with E-state index in [1.165, 1.54) is 19.2 Å². The fourth-order valence-electron chi connectivity index (χ4n) is 1.97. The van der Waals surface area contributed by atoms with E-state index in [0.29, 0.717) is 11.5 Å². The normalized spacial score (nSPS) is 10.3. The van der Waals surface area contributed by atoms with Crippen LogP contribution in [0.4, 0.5) is 4.39 Å². The van der Waals surface area contributed by atoms with Gasteiger partial charge in [-0.05, 0) is 30.2 Å². The predicted octanol–water partition coefficient (Wildman–Crippen LogP) is 1.40. The Kier molecular flexibility index (Phi) is 4.83. The topological polar surface area (TPSA) is 58.9 Å². The van der Waals surface area contributed by atoms with E-state index in [4.69, 9.17) is 9.47 Å². The van der Waals surface area contributed by atoms with E-state index < -0.39 is 7.12 Å². The maximum Gasteiger partial charge on any atom is 0.492 e. The second kappa shape index (κ2) is 6.60. The van der Waals surface area contributed by atoms with Gasteiger partial charge in [0, 0.05) is 11.5 Å². The second-order valence-electron chi connectivity index (χ2n) is 4.65. The lowest BCUT2D eigenvalue weighted by Gasteiger charge is -2.12. The van der Waals surface area contributed by atoms with Crippen LogP contribution in [-0.4, -0.2) is 24.3 Å². The van der Waals surface area contributed by atoms with Crippen LogP contribution in [-0.2, 0) is 6.61 Å². The van der Waals surface area contributed by atoms with Crippen LogP contribution in [0.2, 0.25) is 0 Å². The Morgan fingerprint density at radius 3 is 2.52 bits per heavy atom. The summed E-state index contributed by atoms with van der Waals surface area (Å²) in [4.78, 5) is 0. The van der Waals surface area contributed by atoms with Crippen molar-refractivity contribution in [2.24, 2.45) is 0 Å². The highest BCUT2D eigenvalue weighted by atomic mass is 19.1.